The topological polar surface area (TPSA) is 81.6 Å². The van der Waals surface area contributed by atoms with E-state index in [1.54, 1.807) is 18.2 Å². The first kappa shape index (κ1) is 13.4. The molecule has 1 aromatic carbocycles. The van der Waals surface area contributed by atoms with Crippen molar-refractivity contribution in [2.75, 3.05) is 5.32 Å². The molecule has 19 heavy (non-hydrogen) atoms. The number of carbonyl (C=O) groups excluding carboxylic acids is 1. The molecule has 2 aromatic rings. The van der Waals surface area contributed by atoms with Gasteiger partial charge >= 0.3 is 0 Å². The van der Waals surface area contributed by atoms with Crippen molar-refractivity contribution in [1.29, 1.82) is 5.26 Å². The van der Waals surface area contributed by atoms with E-state index in [1.807, 2.05) is 6.07 Å². The Morgan fingerprint density at radius 2 is 2.21 bits per heavy atom. The predicted octanol–water partition coefficient (Wildman–Crippen LogP) is 3.21. The number of amides is 1. The molecule has 0 saturated carbocycles. The van der Waals surface area contributed by atoms with Gasteiger partial charge in [-0.1, -0.05) is 35.3 Å². The minimum Gasteiger partial charge on any atom is -0.308 e. The van der Waals surface area contributed by atoms with Crippen LogP contribution in [0.2, 0.25) is 10.0 Å². The first-order valence-corrected chi connectivity index (χ1v) is 6.00. The fourth-order valence-electron chi connectivity index (χ4n) is 1.60. The molecule has 0 fully saturated rings. The molecule has 0 unspecified atom stereocenters. The number of carbonyl (C=O) groups is 1. The van der Waals surface area contributed by atoms with E-state index in [4.69, 9.17) is 23.2 Å². The highest BCUT2D eigenvalue weighted by Gasteiger charge is 2.18. The third-order valence-corrected chi connectivity index (χ3v) is 3.21. The predicted molar refractivity (Wildman–Crippen MR) is 73.1 cm³/mol. The van der Waals surface area contributed by atoms with Crippen molar-refractivity contribution in [2.24, 2.45) is 0 Å². The normalized spacial score (nSPS) is 10.0. The SMILES string of the molecule is CC(=O)Nc1n[nH]c(-c2cccc(Cl)c2Cl)c1C#N. The van der Waals surface area contributed by atoms with Gasteiger partial charge in [0.05, 0.1) is 15.7 Å². The van der Waals surface area contributed by atoms with Gasteiger partial charge in [0.15, 0.2) is 5.82 Å². The number of H-pyrrole nitrogens is 1. The Morgan fingerprint density at radius 1 is 1.47 bits per heavy atom. The van der Waals surface area contributed by atoms with Gasteiger partial charge in [0.25, 0.3) is 0 Å². The van der Waals surface area contributed by atoms with Gasteiger partial charge in [0.2, 0.25) is 5.91 Å². The summed E-state index contributed by atoms with van der Waals surface area (Å²) >= 11 is 12.0. The minimum atomic E-state index is -0.313. The van der Waals surface area contributed by atoms with Crippen LogP contribution in [0.25, 0.3) is 11.3 Å². The third kappa shape index (κ3) is 2.55. The fourth-order valence-corrected chi connectivity index (χ4v) is 1.99. The Balaban J connectivity index is 2.58. The van der Waals surface area contributed by atoms with Gasteiger partial charge in [-0.05, 0) is 6.07 Å². The molecule has 0 aliphatic carbocycles. The lowest BCUT2D eigenvalue weighted by Crippen LogP contribution is -2.07. The molecular weight excluding hydrogens is 287 g/mol. The van der Waals surface area contributed by atoms with Crippen molar-refractivity contribution in [3.05, 3.63) is 33.8 Å². The van der Waals surface area contributed by atoms with Gasteiger partial charge in [-0.3, -0.25) is 9.89 Å². The number of rotatable bonds is 2. The first-order valence-electron chi connectivity index (χ1n) is 5.25. The zero-order valence-electron chi connectivity index (χ0n) is 9.79. The number of anilines is 1. The molecule has 0 saturated heterocycles. The number of nitrogens with zero attached hydrogens (tertiary/aromatic N) is 2. The lowest BCUT2D eigenvalue weighted by molar-refractivity contribution is -0.114. The number of aromatic nitrogens is 2. The van der Waals surface area contributed by atoms with E-state index in [-0.39, 0.29) is 17.3 Å². The zero-order valence-corrected chi connectivity index (χ0v) is 11.3. The van der Waals surface area contributed by atoms with Crippen molar-refractivity contribution < 1.29 is 4.79 Å². The average molecular weight is 295 g/mol. The van der Waals surface area contributed by atoms with Crippen molar-refractivity contribution in [3.8, 4) is 17.3 Å². The van der Waals surface area contributed by atoms with Gasteiger partial charge in [0.1, 0.15) is 11.6 Å². The number of hydrogen-bond donors (Lipinski definition) is 2. The third-order valence-electron chi connectivity index (χ3n) is 2.39. The summed E-state index contributed by atoms with van der Waals surface area (Å²) < 4.78 is 0. The standard InChI is InChI=1S/C12H8Cl2N4O/c1-6(19)16-12-8(5-15)11(17-18-12)7-3-2-4-9(13)10(7)14/h2-4H,1H3,(H2,16,17,18,19). The summed E-state index contributed by atoms with van der Waals surface area (Å²) in [4.78, 5) is 11.0. The molecule has 1 heterocycles. The average Bonchev–Trinajstić information content (AvgIpc) is 2.74. The fraction of sp³-hybridized carbons (Fsp3) is 0.0833. The molecule has 0 bridgehead atoms. The molecule has 0 aliphatic rings. The van der Waals surface area contributed by atoms with E-state index in [1.165, 1.54) is 6.92 Å². The molecule has 1 amide bonds. The van der Waals surface area contributed by atoms with E-state index in [9.17, 15) is 10.1 Å². The molecule has 0 radical (unpaired) electrons. The van der Waals surface area contributed by atoms with Crippen molar-refractivity contribution in [3.63, 3.8) is 0 Å². The van der Waals surface area contributed by atoms with Crippen LogP contribution in [0.5, 0.6) is 0 Å². The Hall–Kier alpha value is -2.03. The first-order chi connectivity index (χ1) is 9.04. The molecule has 0 atom stereocenters. The molecule has 0 spiro atoms. The largest absolute Gasteiger partial charge is 0.308 e. The molecule has 2 N–H and O–H groups in total. The second-order valence-corrected chi connectivity index (χ2v) is 4.50. The molecule has 5 nitrogen and oxygen atoms in total. The summed E-state index contributed by atoms with van der Waals surface area (Å²) in [6.07, 6.45) is 0. The highest BCUT2D eigenvalue weighted by molar-refractivity contribution is 6.43. The van der Waals surface area contributed by atoms with E-state index in [2.05, 4.69) is 15.5 Å². The van der Waals surface area contributed by atoms with E-state index < -0.39 is 0 Å². The Morgan fingerprint density at radius 3 is 2.84 bits per heavy atom. The van der Waals surface area contributed by atoms with Crippen molar-refractivity contribution >= 4 is 34.9 Å². The molecule has 2 rings (SSSR count). The highest BCUT2D eigenvalue weighted by Crippen LogP contribution is 2.35. The number of nitrogens with one attached hydrogen (secondary N) is 2. The van der Waals surface area contributed by atoms with Gasteiger partial charge in [-0.15, -0.1) is 0 Å². The van der Waals surface area contributed by atoms with Gasteiger partial charge in [-0.2, -0.15) is 10.4 Å². The van der Waals surface area contributed by atoms with Crippen LogP contribution in [-0.2, 0) is 4.79 Å². The molecule has 0 aliphatic heterocycles. The van der Waals surface area contributed by atoms with Crippen LogP contribution in [0.3, 0.4) is 0 Å². The molecular formula is C12H8Cl2N4O. The summed E-state index contributed by atoms with van der Waals surface area (Å²) in [7, 11) is 0. The van der Waals surface area contributed by atoms with Gasteiger partial charge < -0.3 is 5.32 Å². The van der Waals surface area contributed by atoms with Gasteiger partial charge in [0, 0.05) is 12.5 Å². The van der Waals surface area contributed by atoms with Crippen LogP contribution in [-0.4, -0.2) is 16.1 Å². The summed E-state index contributed by atoms with van der Waals surface area (Å²) in [5, 5.41) is 18.9. The smallest absolute Gasteiger partial charge is 0.222 e. The van der Waals surface area contributed by atoms with Crippen LogP contribution in [0.15, 0.2) is 18.2 Å². The van der Waals surface area contributed by atoms with Crippen LogP contribution in [0.1, 0.15) is 12.5 Å². The van der Waals surface area contributed by atoms with Crippen molar-refractivity contribution in [2.45, 2.75) is 6.92 Å². The van der Waals surface area contributed by atoms with Gasteiger partial charge in [-0.25, -0.2) is 0 Å². The van der Waals surface area contributed by atoms with E-state index >= 15 is 0 Å². The quantitative estimate of drug-likeness (QED) is 0.892. The monoisotopic (exact) mass is 294 g/mol. The summed E-state index contributed by atoms with van der Waals surface area (Å²) in [6, 6.07) is 7.05. The van der Waals surface area contributed by atoms with E-state index in [0.29, 0.717) is 21.3 Å². The number of aromatic amines is 1. The van der Waals surface area contributed by atoms with Crippen molar-refractivity contribution in [1.82, 2.24) is 10.2 Å². The highest BCUT2D eigenvalue weighted by atomic mass is 35.5. The number of nitriles is 1. The summed E-state index contributed by atoms with van der Waals surface area (Å²) in [5.74, 6) is -0.146. The number of halogens is 2. The lowest BCUT2D eigenvalue weighted by Gasteiger charge is -2.03. The van der Waals surface area contributed by atoms with Crippen LogP contribution in [0.4, 0.5) is 5.82 Å². The maximum atomic E-state index is 11.0. The van der Waals surface area contributed by atoms with Crippen LogP contribution >= 0.6 is 23.2 Å². The number of hydrogen-bond acceptors (Lipinski definition) is 3. The summed E-state index contributed by atoms with van der Waals surface area (Å²) in [6.45, 7) is 1.34. The van der Waals surface area contributed by atoms with Crippen LogP contribution in [0, 0.1) is 11.3 Å². The minimum absolute atomic E-state index is 0.168. The number of benzene rings is 1. The Labute approximate surface area is 119 Å². The van der Waals surface area contributed by atoms with Crippen LogP contribution < -0.4 is 5.32 Å². The maximum absolute atomic E-state index is 11.0. The second kappa shape index (κ2) is 5.31. The Kier molecular flexibility index (Phi) is 3.74. The zero-order chi connectivity index (χ0) is 14.0. The lowest BCUT2D eigenvalue weighted by atomic mass is 10.1. The molecule has 7 heteroatoms. The Bertz CT molecular complexity index is 688. The maximum Gasteiger partial charge on any atom is 0.222 e. The van der Waals surface area contributed by atoms with E-state index in [0.717, 1.165) is 0 Å². The molecule has 96 valence electrons. The second-order valence-electron chi connectivity index (χ2n) is 3.72. The summed E-state index contributed by atoms with van der Waals surface area (Å²) in [5.41, 5.74) is 1.17. The molecule has 1 aromatic heterocycles.